The van der Waals surface area contributed by atoms with Crippen LogP contribution in [0, 0.1) is 0 Å². The van der Waals surface area contributed by atoms with Crippen LogP contribution >= 0.6 is 0 Å². The second-order valence-corrected chi connectivity index (χ2v) is 6.20. The van der Waals surface area contributed by atoms with Gasteiger partial charge >= 0.3 is 5.97 Å². The van der Waals surface area contributed by atoms with Gasteiger partial charge in [0.1, 0.15) is 0 Å². The summed E-state index contributed by atoms with van der Waals surface area (Å²) in [5.41, 5.74) is -0.249. The first-order valence-corrected chi connectivity index (χ1v) is 9.27. The van der Waals surface area contributed by atoms with E-state index in [0.717, 1.165) is 0 Å². The van der Waals surface area contributed by atoms with E-state index in [4.69, 9.17) is 23.7 Å². The van der Waals surface area contributed by atoms with Gasteiger partial charge in [0.2, 0.25) is 0 Å². The zero-order chi connectivity index (χ0) is 20.2. The third-order valence-electron chi connectivity index (χ3n) is 3.85. The molecule has 0 rings (SSSR count). The summed E-state index contributed by atoms with van der Waals surface area (Å²) in [4.78, 5) is 11.6. The van der Waals surface area contributed by atoms with Gasteiger partial charge in [-0.15, -0.1) is 0 Å². The van der Waals surface area contributed by atoms with Crippen LogP contribution in [-0.4, -0.2) is 44.0 Å². The van der Waals surface area contributed by atoms with E-state index in [9.17, 15) is 4.79 Å². The summed E-state index contributed by atoms with van der Waals surface area (Å²) in [5, 5.41) is 0. The summed E-state index contributed by atoms with van der Waals surface area (Å²) < 4.78 is 28.0. The van der Waals surface area contributed by atoms with Crippen LogP contribution in [0.25, 0.3) is 0 Å². The zero-order valence-corrected chi connectivity index (χ0v) is 17.3. The molecule has 0 aromatic carbocycles. The first-order chi connectivity index (χ1) is 12.2. The molecule has 0 radical (unpaired) electrons. The molecule has 0 saturated carbocycles. The van der Waals surface area contributed by atoms with Crippen molar-refractivity contribution in [2.24, 2.45) is 0 Å². The molecule has 0 saturated heterocycles. The molecule has 26 heavy (non-hydrogen) atoms. The lowest BCUT2D eigenvalue weighted by molar-refractivity contribution is -0.211. The molecule has 6 heteroatoms. The van der Waals surface area contributed by atoms with Crippen molar-refractivity contribution in [3.63, 3.8) is 0 Å². The summed E-state index contributed by atoms with van der Waals surface area (Å²) >= 11 is 0. The highest BCUT2D eigenvalue weighted by Gasteiger charge is 2.33. The maximum Gasteiger partial charge on any atom is 0.333 e. The van der Waals surface area contributed by atoms with Crippen molar-refractivity contribution < 1.29 is 28.5 Å². The first kappa shape index (κ1) is 24.6. The molecule has 0 N–H and O–H groups in total. The van der Waals surface area contributed by atoms with Gasteiger partial charge in [0.25, 0.3) is 0 Å². The van der Waals surface area contributed by atoms with Gasteiger partial charge in [-0.25, -0.2) is 4.79 Å². The number of esters is 1. The highest BCUT2D eigenvalue weighted by Crippen LogP contribution is 2.31. The Hall–Kier alpha value is -1.37. The van der Waals surface area contributed by atoms with E-state index in [1.807, 2.05) is 34.6 Å². The fraction of sp³-hybridized carbons (Fsp3) is 0.750. The van der Waals surface area contributed by atoms with Crippen molar-refractivity contribution in [1.82, 2.24) is 0 Å². The molecule has 3 unspecified atom stereocenters. The summed E-state index contributed by atoms with van der Waals surface area (Å²) in [6.07, 6.45) is 0.843. The summed E-state index contributed by atoms with van der Waals surface area (Å²) in [6.45, 7) is 20.0. The average Bonchev–Trinajstić information content (AvgIpc) is 2.54. The highest BCUT2D eigenvalue weighted by molar-refractivity contribution is 5.86. The van der Waals surface area contributed by atoms with Crippen molar-refractivity contribution in [2.45, 2.75) is 79.0 Å². The molecule has 0 aromatic rings. The Bertz CT molecular complexity index is 448. The molecule has 6 nitrogen and oxygen atoms in total. The van der Waals surface area contributed by atoms with Crippen LogP contribution in [0.2, 0.25) is 0 Å². The fourth-order valence-electron chi connectivity index (χ4n) is 2.55. The lowest BCUT2D eigenvalue weighted by Gasteiger charge is -2.36. The molecular weight excluding hydrogens is 336 g/mol. The molecule has 0 bridgehead atoms. The van der Waals surface area contributed by atoms with Crippen LogP contribution in [0.15, 0.2) is 24.5 Å². The van der Waals surface area contributed by atoms with Crippen LogP contribution in [0.5, 0.6) is 0 Å². The molecule has 0 aliphatic carbocycles. The van der Waals surface area contributed by atoms with E-state index in [-0.39, 0.29) is 12.9 Å². The van der Waals surface area contributed by atoms with E-state index < -0.39 is 17.9 Å². The van der Waals surface area contributed by atoms with Crippen molar-refractivity contribution >= 4 is 5.97 Å². The predicted octanol–water partition coefficient (Wildman–Crippen LogP) is 4.35. The quantitative estimate of drug-likeness (QED) is 0.184. The van der Waals surface area contributed by atoms with Gasteiger partial charge in [-0.05, 0) is 41.0 Å². The molecule has 0 amide bonds. The number of rotatable bonds is 15. The second kappa shape index (κ2) is 12.9. The molecule has 0 aliphatic heterocycles. The lowest BCUT2D eigenvalue weighted by Crippen LogP contribution is -2.39. The molecule has 0 fully saturated rings. The zero-order valence-electron chi connectivity index (χ0n) is 17.3. The van der Waals surface area contributed by atoms with Crippen LogP contribution in [-0.2, 0) is 28.5 Å². The minimum atomic E-state index is -0.618. The molecular formula is C20H36O6. The molecule has 3 atom stereocenters. The minimum absolute atomic E-state index is 0.215. The van der Waals surface area contributed by atoms with Crippen LogP contribution in [0.4, 0.5) is 0 Å². The number of hydrogen-bond acceptors (Lipinski definition) is 6. The summed E-state index contributed by atoms with van der Waals surface area (Å²) in [6, 6.07) is 0. The summed E-state index contributed by atoms with van der Waals surface area (Å²) in [7, 11) is 0. The van der Waals surface area contributed by atoms with Crippen molar-refractivity contribution in [3.8, 4) is 0 Å². The molecule has 0 aliphatic rings. The smallest absolute Gasteiger partial charge is 0.333 e. The van der Waals surface area contributed by atoms with Gasteiger partial charge in [-0.1, -0.05) is 20.1 Å². The third kappa shape index (κ3) is 9.94. The van der Waals surface area contributed by atoms with Crippen LogP contribution in [0.1, 0.15) is 60.8 Å². The second-order valence-electron chi connectivity index (χ2n) is 6.20. The predicted molar refractivity (Wildman–Crippen MR) is 102 cm³/mol. The van der Waals surface area contributed by atoms with E-state index in [1.165, 1.54) is 0 Å². The Morgan fingerprint density at radius 3 is 2.12 bits per heavy atom. The SMILES string of the molecule is C=C(CC(CC)(CCOC(=O)C(=C)C)OC(C)OCC)OC(C)OCC. The Kier molecular flexibility index (Phi) is 12.2. The number of carbonyl (C=O) groups is 1. The number of carbonyl (C=O) groups excluding carboxylic acids is 1. The maximum atomic E-state index is 11.6. The largest absolute Gasteiger partial charge is 0.470 e. The monoisotopic (exact) mass is 372 g/mol. The van der Waals surface area contributed by atoms with Crippen LogP contribution in [0.3, 0.4) is 0 Å². The molecule has 0 heterocycles. The van der Waals surface area contributed by atoms with E-state index in [0.29, 0.717) is 43.8 Å². The standard InChI is InChI=1S/C20H36O6/c1-9-20(26-18(8)23-11-3,12-13-24-19(21)15(4)5)14-16(6)25-17(7)22-10-2/h17-18H,4,6,9-14H2,1-3,5,7-8H3. The number of ether oxygens (including phenoxy) is 5. The van der Waals surface area contributed by atoms with E-state index in [2.05, 4.69) is 13.2 Å². The van der Waals surface area contributed by atoms with Gasteiger partial charge in [0.05, 0.1) is 18.0 Å². The van der Waals surface area contributed by atoms with E-state index in [1.54, 1.807) is 6.92 Å². The van der Waals surface area contributed by atoms with Crippen molar-refractivity contribution in [1.29, 1.82) is 0 Å². The van der Waals surface area contributed by atoms with Gasteiger partial charge in [0.15, 0.2) is 12.6 Å². The van der Waals surface area contributed by atoms with Gasteiger partial charge in [-0.3, -0.25) is 0 Å². The Balaban J connectivity index is 5.01. The van der Waals surface area contributed by atoms with Crippen molar-refractivity contribution in [3.05, 3.63) is 24.5 Å². The minimum Gasteiger partial charge on any atom is -0.470 e. The molecule has 0 spiro atoms. The topological polar surface area (TPSA) is 63.2 Å². The fourth-order valence-corrected chi connectivity index (χ4v) is 2.55. The van der Waals surface area contributed by atoms with Gasteiger partial charge in [0, 0.05) is 31.6 Å². The van der Waals surface area contributed by atoms with E-state index >= 15 is 0 Å². The summed E-state index contributed by atoms with van der Waals surface area (Å²) in [5.74, 6) is 0.149. The lowest BCUT2D eigenvalue weighted by atomic mass is 9.91. The normalized spacial score (nSPS) is 15.6. The Morgan fingerprint density at radius 1 is 1.04 bits per heavy atom. The Labute approximate surface area is 158 Å². The maximum absolute atomic E-state index is 11.6. The van der Waals surface area contributed by atoms with Crippen molar-refractivity contribution in [2.75, 3.05) is 19.8 Å². The van der Waals surface area contributed by atoms with Gasteiger partial charge in [-0.2, -0.15) is 0 Å². The van der Waals surface area contributed by atoms with Gasteiger partial charge < -0.3 is 23.7 Å². The highest BCUT2D eigenvalue weighted by atomic mass is 16.7. The Morgan fingerprint density at radius 2 is 1.62 bits per heavy atom. The van der Waals surface area contributed by atoms with Crippen LogP contribution < -0.4 is 0 Å². The third-order valence-corrected chi connectivity index (χ3v) is 3.85. The average molecular weight is 373 g/mol. The number of hydrogen-bond donors (Lipinski definition) is 0. The molecule has 0 aromatic heterocycles. The molecule has 152 valence electrons. The first-order valence-electron chi connectivity index (χ1n) is 9.27.